The number of carbonyl (C=O) groups is 3. The van der Waals surface area contributed by atoms with Crippen LogP contribution in [0.25, 0.3) is 0 Å². The molecule has 0 unspecified atom stereocenters. The fourth-order valence-corrected chi connectivity index (χ4v) is 2.78. The Morgan fingerprint density at radius 1 is 0.966 bits per heavy atom. The molecule has 2 rings (SSSR count). The van der Waals surface area contributed by atoms with Gasteiger partial charge in [-0.2, -0.15) is 0 Å². The van der Waals surface area contributed by atoms with Crippen LogP contribution in [0.4, 0.5) is 11.4 Å². The molecule has 0 aliphatic heterocycles. The van der Waals surface area contributed by atoms with Crippen molar-refractivity contribution < 1.29 is 19.1 Å². The summed E-state index contributed by atoms with van der Waals surface area (Å²) in [5.74, 6) is 0.248. The van der Waals surface area contributed by atoms with Crippen molar-refractivity contribution in [3.8, 4) is 5.75 Å². The van der Waals surface area contributed by atoms with E-state index in [0.29, 0.717) is 29.2 Å². The summed E-state index contributed by atoms with van der Waals surface area (Å²) in [7, 11) is 1.58. The molecular weight excluding hydrogens is 370 g/mol. The van der Waals surface area contributed by atoms with Crippen LogP contribution in [0.1, 0.15) is 31.1 Å². The van der Waals surface area contributed by atoms with Gasteiger partial charge in [0.25, 0.3) is 0 Å². The molecule has 0 spiro atoms. The van der Waals surface area contributed by atoms with Crippen LogP contribution in [0, 0.1) is 0 Å². The van der Waals surface area contributed by atoms with Gasteiger partial charge >= 0.3 is 0 Å². The van der Waals surface area contributed by atoms with Gasteiger partial charge in [-0.1, -0.05) is 6.92 Å². The molecule has 7 heteroatoms. The van der Waals surface area contributed by atoms with Gasteiger partial charge in [-0.25, -0.2) is 0 Å². The third kappa shape index (κ3) is 6.43. The van der Waals surface area contributed by atoms with Crippen LogP contribution >= 0.6 is 0 Å². The maximum absolute atomic E-state index is 12.6. The van der Waals surface area contributed by atoms with E-state index in [1.165, 1.54) is 6.92 Å². The largest absolute Gasteiger partial charge is 0.497 e. The Hall–Kier alpha value is -3.19. The van der Waals surface area contributed by atoms with Gasteiger partial charge in [0.2, 0.25) is 11.8 Å². The predicted molar refractivity (Wildman–Crippen MR) is 113 cm³/mol. The van der Waals surface area contributed by atoms with Crippen molar-refractivity contribution in [2.24, 2.45) is 0 Å². The van der Waals surface area contributed by atoms with Crippen molar-refractivity contribution in [1.29, 1.82) is 0 Å². The molecule has 29 heavy (non-hydrogen) atoms. The van der Waals surface area contributed by atoms with Crippen molar-refractivity contribution >= 4 is 29.0 Å². The number of rotatable bonds is 9. The first-order valence-corrected chi connectivity index (χ1v) is 9.43. The second kappa shape index (κ2) is 10.4. The number of nitrogens with one attached hydrogen (secondary N) is 2. The van der Waals surface area contributed by atoms with Crippen molar-refractivity contribution in [1.82, 2.24) is 4.90 Å². The van der Waals surface area contributed by atoms with E-state index in [9.17, 15) is 14.4 Å². The molecule has 0 saturated heterocycles. The van der Waals surface area contributed by atoms with E-state index < -0.39 is 6.04 Å². The summed E-state index contributed by atoms with van der Waals surface area (Å²) in [5, 5.41) is 5.64. The highest BCUT2D eigenvalue weighted by Crippen LogP contribution is 2.15. The SMILES string of the molecule is CCN(CC(=O)Nc1ccc(OC)cc1)[C@@H](C)C(=O)Nc1ccc(C(C)=O)cc1. The van der Waals surface area contributed by atoms with Crippen LogP contribution in [0.2, 0.25) is 0 Å². The number of likely N-dealkylation sites (N-methyl/N-ethyl adjacent to an activating group) is 1. The molecule has 0 heterocycles. The molecule has 2 aromatic carbocycles. The molecule has 2 N–H and O–H groups in total. The molecule has 0 aliphatic carbocycles. The Morgan fingerprint density at radius 2 is 1.52 bits per heavy atom. The Labute approximate surface area is 171 Å². The number of amides is 2. The minimum absolute atomic E-state index is 0.0312. The minimum Gasteiger partial charge on any atom is -0.497 e. The number of carbonyl (C=O) groups excluding carboxylic acids is 3. The number of hydrogen-bond acceptors (Lipinski definition) is 5. The summed E-state index contributed by atoms with van der Waals surface area (Å²) in [6, 6.07) is 13.3. The summed E-state index contributed by atoms with van der Waals surface area (Å²) in [6.45, 7) is 5.76. The molecule has 2 aromatic rings. The van der Waals surface area contributed by atoms with Gasteiger partial charge in [-0.05, 0) is 68.9 Å². The lowest BCUT2D eigenvalue weighted by Gasteiger charge is -2.26. The number of methoxy groups -OCH3 is 1. The van der Waals surface area contributed by atoms with Crippen LogP contribution in [0.5, 0.6) is 5.75 Å². The number of anilines is 2. The van der Waals surface area contributed by atoms with Gasteiger partial charge in [0, 0.05) is 16.9 Å². The van der Waals surface area contributed by atoms with Gasteiger partial charge in [-0.15, -0.1) is 0 Å². The molecule has 0 fully saturated rings. The minimum atomic E-state index is -0.505. The van der Waals surface area contributed by atoms with Crippen LogP contribution in [-0.2, 0) is 9.59 Å². The van der Waals surface area contributed by atoms with E-state index in [2.05, 4.69) is 10.6 Å². The van der Waals surface area contributed by atoms with Crippen LogP contribution < -0.4 is 15.4 Å². The summed E-state index contributed by atoms with van der Waals surface area (Å²) >= 11 is 0. The molecule has 7 nitrogen and oxygen atoms in total. The fourth-order valence-electron chi connectivity index (χ4n) is 2.78. The highest BCUT2D eigenvalue weighted by atomic mass is 16.5. The molecule has 0 aromatic heterocycles. The molecule has 0 bridgehead atoms. The first-order chi connectivity index (χ1) is 13.8. The Morgan fingerprint density at radius 3 is 2.03 bits per heavy atom. The quantitative estimate of drug-likeness (QED) is 0.635. The third-order valence-electron chi connectivity index (χ3n) is 4.61. The molecule has 0 radical (unpaired) electrons. The molecule has 2 amide bonds. The first-order valence-electron chi connectivity index (χ1n) is 9.43. The number of nitrogens with zero attached hydrogens (tertiary/aromatic N) is 1. The smallest absolute Gasteiger partial charge is 0.241 e. The predicted octanol–water partition coefficient (Wildman–Crippen LogP) is 3.19. The number of Topliss-reactive ketones (excluding diaryl/α,β-unsaturated/α-hetero) is 1. The standard InChI is InChI=1S/C22H27N3O4/c1-5-25(14-21(27)23-18-10-12-20(29-4)13-11-18)15(2)22(28)24-19-8-6-17(7-9-19)16(3)26/h6-13,15H,5,14H2,1-4H3,(H,23,27)(H,24,28)/t15-/m0/s1. The zero-order valence-electron chi connectivity index (χ0n) is 17.2. The van der Waals surface area contributed by atoms with Crippen molar-refractivity contribution in [2.45, 2.75) is 26.8 Å². The summed E-state index contributed by atoms with van der Waals surface area (Å²) in [6.07, 6.45) is 0. The molecule has 154 valence electrons. The second-order valence-electron chi connectivity index (χ2n) is 6.64. The van der Waals surface area contributed by atoms with E-state index in [-0.39, 0.29) is 24.1 Å². The van der Waals surface area contributed by atoms with E-state index in [1.54, 1.807) is 67.5 Å². The zero-order valence-corrected chi connectivity index (χ0v) is 17.2. The third-order valence-corrected chi connectivity index (χ3v) is 4.61. The number of hydrogen-bond donors (Lipinski definition) is 2. The van der Waals surface area contributed by atoms with Gasteiger partial charge in [-0.3, -0.25) is 19.3 Å². The summed E-state index contributed by atoms with van der Waals surface area (Å²) in [4.78, 5) is 38.1. The van der Waals surface area contributed by atoms with Gasteiger partial charge in [0.1, 0.15) is 5.75 Å². The van der Waals surface area contributed by atoms with E-state index in [1.807, 2.05) is 6.92 Å². The summed E-state index contributed by atoms with van der Waals surface area (Å²) in [5.41, 5.74) is 1.85. The molecule has 0 saturated carbocycles. The van der Waals surface area contributed by atoms with Crippen molar-refractivity contribution in [2.75, 3.05) is 30.8 Å². The highest BCUT2D eigenvalue weighted by Gasteiger charge is 2.22. The lowest BCUT2D eigenvalue weighted by atomic mass is 10.1. The zero-order chi connectivity index (χ0) is 21.4. The van der Waals surface area contributed by atoms with Crippen molar-refractivity contribution in [3.63, 3.8) is 0 Å². The molecule has 0 aliphatic rings. The van der Waals surface area contributed by atoms with Gasteiger partial charge in [0.05, 0.1) is 19.7 Å². The molecule has 1 atom stereocenters. The maximum Gasteiger partial charge on any atom is 0.241 e. The Bertz CT molecular complexity index is 847. The van der Waals surface area contributed by atoms with Gasteiger partial charge < -0.3 is 15.4 Å². The number of benzene rings is 2. The topological polar surface area (TPSA) is 87.7 Å². The average Bonchev–Trinajstić information content (AvgIpc) is 2.72. The summed E-state index contributed by atoms with van der Waals surface area (Å²) < 4.78 is 5.10. The van der Waals surface area contributed by atoms with Crippen LogP contribution in [-0.4, -0.2) is 48.7 Å². The lowest BCUT2D eigenvalue weighted by molar-refractivity contribution is -0.123. The molecular formula is C22H27N3O4. The average molecular weight is 397 g/mol. The van der Waals surface area contributed by atoms with Crippen molar-refractivity contribution in [3.05, 3.63) is 54.1 Å². The first kappa shape index (κ1) is 22.1. The number of ketones is 1. The van der Waals surface area contributed by atoms with E-state index in [0.717, 1.165) is 0 Å². The number of ether oxygens (including phenoxy) is 1. The monoisotopic (exact) mass is 397 g/mol. The van der Waals surface area contributed by atoms with Gasteiger partial charge in [0.15, 0.2) is 5.78 Å². The Kier molecular flexibility index (Phi) is 7.91. The van der Waals surface area contributed by atoms with Crippen LogP contribution in [0.3, 0.4) is 0 Å². The van der Waals surface area contributed by atoms with E-state index in [4.69, 9.17) is 4.74 Å². The van der Waals surface area contributed by atoms with Crippen LogP contribution in [0.15, 0.2) is 48.5 Å². The van der Waals surface area contributed by atoms with E-state index >= 15 is 0 Å². The highest BCUT2D eigenvalue weighted by molar-refractivity contribution is 5.97. The second-order valence-corrected chi connectivity index (χ2v) is 6.64. The Balaban J connectivity index is 1.93. The fraction of sp³-hybridized carbons (Fsp3) is 0.318. The normalized spacial score (nSPS) is 11.6. The maximum atomic E-state index is 12.6. The lowest BCUT2D eigenvalue weighted by Crippen LogP contribution is -2.45.